The number of aryl methyl sites for hydroxylation is 1. The number of hydrogen-bond donors (Lipinski definition) is 1. The molecule has 142 valence electrons. The maximum atomic E-state index is 12.7. The fourth-order valence-electron chi connectivity index (χ4n) is 3.55. The highest BCUT2D eigenvalue weighted by molar-refractivity contribution is 7.20. The van der Waals surface area contributed by atoms with E-state index in [2.05, 4.69) is 20.2 Å². The molecule has 0 bridgehead atoms. The van der Waals surface area contributed by atoms with Crippen molar-refractivity contribution >= 4 is 33.3 Å². The van der Waals surface area contributed by atoms with Gasteiger partial charge in [0.15, 0.2) is 0 Å². The minimum Gasteiger partial charge on any atom is -0.383 e. The van der Waals surface area contributed by atoms with E-state index in [1.165, 1.54) is 43.4 Å². The zero-order valence-corrected chi connectivity index (χ0v) is 16.7. The Morgan fingerprint density at radius 2 is 1.96 bits per heavy atom. The molecule has 0 aromatic carbocycles. The molecule has 1 fully saturated rings. The average Bonchev–Trinajstić information content (AvgIpc) is 2.92. The van der Waals surface area contributed by atoms with Gasteiger partial charge in [-0.05, 0) is 32.3 Å². The van der Waals surface area contributed by atoms with Crippen LogP contribution in [0.15, 0.2) is 6.33 Å². The van der Waals surface area contributed by atoms with Gasteiger partial charge in [-0.2, -0.15) is 0 Å². The maximum absolute atomic E-state index is 12.7. The highest BCUT2D eigenvalue weighted by Crippen LogP contribution is 2.35. The maximum Gasteiger partial charge on any atom is 0.262 e. The van der Waals surface area contributed by atoms with Gasteiger partial charge in [-0.15, -0.1) is 11.3 Å². The number of rotatable bonds is 5. The second-order valence-corrected chi connectivity index (χ2v) is 8.02. The highest BCUT2D eigenvalue weighted by Gasteiger charge is 2.22. The summed E-state index contributed by atoms with van der Waals surface area (Å²) in [6.07, 6.45) is 7.89. The predicted molar refractivity (Wildman–Crippen MR) is 106 cm³/mol. The van der Waals surface area contributed by atoms with Gasteiger partial charge in [0.2, 0.25) is 0 Å². The molecule has 6 nitrogen and oxygen atoms in total. The number of thiophene rings is 1. The van der Waals surface area contributed by atoms with Crippen molar-refractivity contribution in [3.8, 4) is 0 Å². The molecule has 1 aliphatic heterocycles. The lowest BCUT2D eigenvalue weighted by Crippen LogP contribution is -2.35. The molecular weight excluding hydrogens is 348 g/mol. The molecule has 26 heavy (non-hydrogen) atoms. The molecule has 2 aromatic heterocycles. The summed E-state index contributed by atoms with van der Waals surface area (Å²) in [6, 6.07) is -0.0305. The van der Waals surface area contributed by atoms with Crippen molar-refractivity contribution in [3.63, 3.8) is 0 Å². The van der Waals surface area contributed by atoms with Gasteiger partial charge in [-0.1, -0.05) is 19.3 Å². The van der Waals surface area contributed by atoms with Crippen molar-refractivity contribution < 1.29 is 9.53 Å². The molecule has 1 saturated heterocycles. The average molecular weight is 377 g/mol. The van der Waals surface area contributed by atoms with Crippen molar-refractivity contribution in [2.24, 2.45) is 0 Å². The Morgan fingerprint density at radius 1 is 1.27 bits per heavy atom. The fraction of sp³-hybridized carbons (Fsp3) is 0.632. The normalized spacial score (nSPS) is 17.0. The van der Waals surface area contributed by atoms with Gasteiger partial charge < -0.3 is 15.0 Å². The van der Waals surface area contributed by atoms with Gasteiger partial charge >= 0.3 is 0 Å². The van der Waals surface area contributed by atoms with Crippen LogP contribution in [0.2, 0.25) is 0 Å². The summed E-state index contributed by atoms with van der Waals surface area (Å²) in [5.41, 5.74) is 0.977. The number of carbonyl (C=O) groups is 1. The van der Waals surface area contributed by atoms with E-state index < -0.39 is 0 Å². The summed E-state index contributed by atoms with van der Waals surface area (Å²) >= 11 is 1.45. The van der Waals surface area contributed by atoms with Crippen molar-refractivity contribution in [1.29, 1.82) is 0 Å². The first kappa shape index (κ1) is 19.0. The SMILES string of the molecule is COCC(C)NC(=O)c1sc2ncnc(N3CCCCCCC3)c2c1C. The summed E-state index contributed by atoms with van der Waals surface area (Å²) < 4.78 is 5.11. The van der Waals surface area contributed by atoms with Crippen molar-refractivity contribution in [2.45, 2.75) is 52.0 Å². The van der Waals surface area contributed by atoms with Crippen LogP contribution < -0.4 is 10.2 Å². The molecule has 1 amide bonds. The third-order valence-corrected chi connectivity index (χ3v) is 6.06. The summed E-state index contributed by atoms with van der Waals surface area (Å²) in [5.74, 6) is 0.920. The number of methoxy groups -OCH3 is 1. The number of fused-ring (bicyclic) bond motifs is 1. The quantitative estimate of drug-likeness (QED) is 0.864. The van der Waals surface area contributed by atoms with E-state index >= 15 is 0 Å². The van der Waals surface area contributed by atoms with Crippen molar-refractivity contribution in [1.82, 2.24) is 15.3 Å². The van der Waals surface area contributed by atoms with Crippen LogP contribution >= 0.6 is 11.3 Å². The van der Waals surface area contributed by atoms with Gasteiger partial charge in [0.05, 0.1) is 16.9 Å². The van der Waals surface area contributed by atoms with Crippen LogP contribution in [0.1, 0.15) is 54.3 Å². The largest absolute Gasteiger partial charge is 0.383 e. The van der Waals surface area contributed by atoms with Crippen LogP contribution in [0.5, 0.6) is 0 Å². The second-order valence-electron chi connectivity index (χ2n) is 7.02. The summed E-state index contributed by atoms with van der Waals surface area (Å²) in [5, 5.41) is 4.03. The first-order valence-electron chi connectivity index (χ1n) is 9.40. The van der Waals surface area contributed by atoms with Gasteiger partial charge in [0.25, 0.3) is 5.91 Å². The summed E-state index contributed by atoms with van der Waals surface area (Å²) in [6.45, 7) is 6.48. The standard InChI is InChI=1S/C19H28N4O2S/c1-13(11-25-3)22-18(24)16-14(2)15-17(20-12-21-19(15)26-16)23-9-7-5-4-6-8-10-23/h12-13H,4-11H2,1-3H3,(H,22,24). The van der Waals surface area contributed by atoms with E-state index in [1.807, 2.05) is 13.8 Å². The van der Waals surface area contributed by atoms with Crippen LogP contribution in [0.3, 0.4) is 0 Å². The lowest BCUT2D eigenvalue weighted by atomic mass is 10.1. The van der Waals surface area contributed by atoms with E-state index in [0.717, 1.165) is 39.6 Å². The molecule has 0 aliphatic carbocycles. The van der Waals surface area contributed by atoms with E-state index in [9.17, 15) is 4.79 Å². The molecule has 1 unspecified atom stereocenters. The van der Waals surface area contributed by atoms with Crippen LogP contribution in [-0.2, 0) is 4.74 Å². The molecule has 7 heteroatoms. The highest BCUT2D eigenvalue weighted by atomic mass is 32.1. The Hall–Kier alpha value is -1.73. The topological polar surface area (TPSA) is 67.3 Å². The Bertz CT molecular complexity index is 753. The molecule has 1 N–H and O–H groups in total. The third kappa shape index (κ3) is 4.15. The van der Waals surface area contributed by atoms with Gasteiger partial charge in [0, 0.05) is 26.2 Å². The number of nitrogens with zero attached hydrogens (tertiary/aromatic N) is 3. The molecular formula is C19H28N4O2S. The Kier molecular flexibility index (Phi) is 6.43. The minimum absolute atomic E-state index is 0.0305. The Balaban J connectivity index is 1.92. The lowest BCUT2D eigenvalue weighted by Gasteiger charge is -2.26. The zero-order chi connectivity index (χ0) is 18.5. The molecule has 3 heterocycles. The third-order valence-electron chi connectivity index (χ3n) is 4.86. The summed E-state index contributed by atoms with van der Waals surface area (Å²) in [4.78, 5) is 25.7. The molecule has 0 saturated carbocycles. The van der Waals surface area contributed by atoms with E-state index in [-0.39, 0.29) is 11.9 Å². The van der Waals surface area contributed by atoms with E-state index in [4.69, 9.17) is 4.74 Å². The van der Waals surface area contributed by atoms with Crippen LogP contribution in [0.25, 0.3) is 10.2 Å². The predicted octanol–water partition coefficient (Wildman–Crippen LogP) is 3.53. The number of aromatic nitrogens is 2. The van der Waals surface area contributed by atoms with Crippen LogP contribution in [0.4, 0.5) is 5.82 Å². The van der Waals surface area contributed by atoms with Crippen molar-refractivity contribution in [2.75, 3.05) is 31.7 Å². The van der Waals surface area contributed by atoms with Crippen LogP contribution in [0, 0.1) is 6.92 Å². The number of carbonyl (C=O) groups excluding carboxylic acids is 1. The van der Waals surface area contributed by atoms with E-state index in [1.54, 1.807) is 13.4 Å². The van der Waals surface area contributed by atoms with E-state index in [0.29, 0.717) is 6.61 Å². The Morgan fingerprint density at radius 3 is 2.65 bits per heavy atom. The molecule has 3 rings (SSSR count). The number of nitrogens with one attached hydrogen (secondary N) is 1. The molecule has 2 aromatic rings. The monoisotopic (exact) mass is 376 g/mol. The molecule has 0 spiro atoms. The number of anilines is 1. The number of hydrogen-bond acceptors (Lipinski definition) is 6. The van der Waals surface area contributed by atoms with Crippen molar-refractivity contribution in [3.05, 3.63) is 16.8 Å². The molecule has 0 radical (unpaired) electrons. The van der Waals surface area contributed by atoms with Gasteiger partial charge in [-0.25, -0.2) is 9.97 Å². The zero-order valence-electron chi connectivity index (χ0n) is 15.9. The number of ether oxygens (including phenoxy) is 1. The smallest absolute Gasteiger partial charge is 0.262 e. The molecule has 1 aliphatic rings. The summed E-state index contributed by atoms with van der Waals surface area (Å²) in [7, 11) is 1.64. The Labute approximate surface area is 159 Å². The first-order chi connectivity index (χ1) is 12.6. The first-order valence-corrected chi connectivity index (χ1v) is 10.2. The number of amides is 1. The van der Waals surface area contributed by atoms with Crippen LogP contribution in [-0.4, -0.2) is 48.7 Å². The minimum atomic E-state index is -0.0614. The van der Waals surface area contributed by atoms with Gasteiger partial charge in [0.1, 0.15) is 17.0 Å². The van der Waals surface area contributed by atoms with Gasteiger partial charge in [-0.3, -0.25) is 4.79 Å². The lowest BCUT2D eigenvalue weighted by molar-refractivity contribution is 0.0909. The fourth-order valence-corrected chi connectivity index (χ4v) is 4.60. The second kappa shape index (κ2) is 8.77. The molecule has 1 atom stereocenters.